The van der Waals surface area contributed by atoms with Crippen LogP contribution in [0.2, 0.25) is 0 Å². The van der Waals surface area contributed by atoms with Crippen LogP contribution in [0.25, 0.3) is 10.9 Å². The number of carbonyl (C=O) groups is 1. The zero-order valence-corrected chi connectivity index (χ0v) is 12.4. The molecule has 0 saturated carbocycles. The van der Waals surface area contributed by atoms with Crippen LogP contribution in [-0.2, 0) is 17.9 Å². The van der Waals surface area contributed by atoms with E-state index >= 15 is 0 Å². The minimum atomic E-state index is -0.199. The van der Waals surface area contributed by atoms with Crippen LogP contribution < -0.4 is 16.6 Å². The smallest absolute Gasteiger partial charge is 0.256 e. The van der Waals surface area contributed by atoms with Crippen molar-refractivity contribution in [3.8, 4) is 0 Å². The van der Waals surface area contributed by atoms with Crippen LogP contribution >= 0.6 is 0 Å². The van der Waals surface area contributed by atoms with E-state index in [-0.39, 0.29) is 30.6 Å². The van der Waals surface area contributed by atoms with Crippen LogP contribution in [0.3, 0.4) is 0 Å². The van der Waals surface area contributed by atoms with Crippen molar-refractivity contribution in [1.82, 2.24) is 9.88 Å². The molecule has 0 spiro atoms. The summed E-state index contributed by atoms with van der Waals surface area (Å²) in [6.07, 6.45) is 0.851. The summed E-state index contributed by atoms with van der Waals surface area (Å²) in [7, 11) is 0. The molecule has 2 rings (SSSR count). The molecule has 3 N–H and O–H groups in total. The van der Waals surface area contributed by atoms with Crippen molar-refractivity contribution < 1.29 is 4.79 Å². The molecule has 1 unspecified atom stereocenters. The van der Waals surface area contributed by atoms with E-state index in [9.17, 15) is 9.59 Å². The van der Waals surface area contributed by atoms with Crippen molar-refractivity contribution in [3.63, 3.8) is 0 Å². The first kappa shape index (κ1) is 15.3. The van der Waals surface area contributed by atoms with Gasteiger partial charge in [-0.2, -0.15) is 0 Å². The first-order valence-corrected chi connectivity index (χ1v) is 7.17. The standard InChI is InChI=1S/C16H21N3O2/c1-3-11(2)18-15(20)10-19-14-7-5-4-6-12(14)8-13(9-17)16(19)21/h4-8,11H,3,9-10,17H2,1-2H3,(H,18,20). The van der Waals surface area contributed by atoms with Gasteiger partial charge in [0.1, 0.15) is 6.54 Å². The van der Waals surface area contributed by atoms with Crippen LogP contribution in [-0.4, -0.2) is 16.5 Å². The van der Waals surface area contributed by atoms with E-state index in [4.69, 9.17) is 5.73 Å². The number of aromatic nitrogens is 1. The second-order valence-electron chi connectivity index (χ2n) is 5.20. The molecule has 0 aliphatic heterocycles. The summed E-state index contributed by atoms with van der Waals surface area (Å²) >= 11 is 0. The van der Waals surface area contributed by atoms with Crippen LogP contribution in [0, 0.1) is 0 Å². The van der Waals surface area contributed by atoms with Gasteiger partial charge in [0, 0.05) is 18.2 Å². The van der Waals surface area contributed by atoms with Crippen LogP contribution in [0.4, 0.5) is 0 Å². The maximum atomic E-state index is 12.4. The molecule has 0 fully saturated rings. The van der Waals surface area contributed by atoms with Crippen LogP contribution in [0.5, 0.6) is 0 Å². The fourth-order valence-electron chi connectivity index (χ4n) is 2.26. The summed E-state index contributed by atoms with van der Waals surface area (Å²) in [6, 6.07) is 9.40. The number of nitrogens with two attached hydrogens (primary N) is 1. The van der Waals surface area contributed by atoms with E-state index in [1.54, 1.807) is 6.07 Å². The molecular weight excluding hydrogens is 266 g/mol. The molecule has 0 aliphatic carbocycles. The van der Waals surface area contributed by atoms with Crippen molar-refractivity contribution in [2.24, 2.45) is 5.73 Å². The molecule has 0 saturated heterocycles. The van der Waals surface area contributed by atoms with Crippen molar-refractivity contribution >= 4 is 16.8 Å². The van der Waals surface area contributed by atoms with Gasteiger partial charge in [-0.05, 0) is 30.9 Å². The van der Waals surface area contributed by atoms with Gasteiger partial charge in [0.15, 0.2) is 0 Å². The van der Waals surface area contributed by atoms with Gasteiger partial charge in [0.25, 0.3) is 5.56 Å². The lowest BCUT2D eigenvalue weighted by atomic mass is 10.1. The minimum absolute atomic E-state index is 0.0114. The van der Waals surface area contributed by atoms with Gasteiger partial charge in [-0.15, -0.1) is 0 Å². The highest BCUT2D eigenvalue weighted by Crippen LogP contribution is 2.13. The van der Waals surface area contributed by atoms with Crippen molar-refractivity contribution in [1.29, 1.82) is 0 Å². The lowest BCUT2D eigenvalue weighted by molar-refractivity contribution is -0.122. The Bertz CT molecular complexity index is 706. The highest BCUT2D eigenvalue weighted by Gasteiger charge is 2.12. The molecular formula is C16H21N3O2. The predicted octanol–water partition coefficient (Wildman–Crippen LogP) is 1.37. The average molecular weight is 287 g/mol. The highest BCUT2D eigenvalue weighted by atomic mass is 16.2. The van der Waals surface area contributed by atoms with Gasteiger partial charge in [0.2, 0.25) is 5.91 Å². The van der Waals surface area contributed by atoms with E-state index in [1.807, 2.05) is 38.1 Å². The van der Waals surface area contributed by atoms with Crippen molar-refractivity contribution in [2.45, 2.75) is 39.4 Å². The first-order chi connectivity index (χ1) is 10.1. The van der Waals surface area contributed by atoms with E-state index < -0.39 is 0 Å². The number of nitrogens with zero attached hydrogens (tertiary/aromatic N) is 1. The lowest BCUT2D eigenvalue weighted by Gasteiger charge is -2.15. The average Bonchev–Trinajstić information content (AvgIpc) is 2.49. The molecule has 112 valence electrons. The molecule has 1 aromatic carbocycles. The molecule has 0 radical (unpaired) electrons. The van der Waals surface area contributed by atoms with Gasteiger partial charge < -0.3 is 11.1 Å². The normalized spacial score (nSPS) is 12.3. The van der Waals surface area contributed by atoms with E-state index in [0.717, 1.165) is 17.3 Å². The molecule has 1 heterocycles. The van der Waals surface area contributed by atoms with Crippen LogP contribution in [0.15, 0.2) is 35.1 Å². The van der Waals surface area contributed by atoms with Gasteiger partial charge in [-0.25, -0.2) is 0 Å². The monoisotopic (exact) mass is 287 g/mol. The van der Waals surface area contributed by atoms with Crippen LogP contribution in [0.1, 0.15) is 25.8 Å². The topological polar surface area (TPSA) is 77.1 Å². The highest BCUT2D eigenvalue weighted by molar-refractivity contribution is 5.82. The van der Waals surface area contributed by atoms with Crippen molar-refractivity contribution in [3.05, 3.63) is 46.2 Å². The number of hydrogen-bond acceptors (Lipinski definition) is 3. The fraction of sp³-hybridized carbons (Fsp3) is 0.375. The summed E-state index contributed by atoms with van der Waals surface area (Å²) in [5.74, 6) is -0.161. The minimum Gasteiger partial charge on any atom is -0.352 e. The Labute approximate surface area is 123 Å². The SMILES string of the molecule is CCC(C)NC(=O)Cn1c(=O)c(CN)cc2ccccc21. The largest absolute Gasteiger partial charge is 0.352 e. The number of benzene rings is 1. The molecule has 0 aliphatic rings. The Morgan fingerprint density at radius 3 is 2.76 bits per heavy atom. The Balaban J connectivity index is 2.44. The van der Waals surface area contributed by atoms with Gasteiger partial charge in [-0.1, -0.05) is 25.1 Å². The molecule has 1 amide bonds. The third-order valence-corrected chi connectivity index (χ3v) is 3.62. The number of amides is 1. The third-order valence-electron chi connectivity index (χ3n) is 3.62. The lowest BCUT2D eigenvalue weighted by Crippen LogP contribution is -2.38. The van der Waals surface area contributed by atoms with Gasteiger partial charge in [-0.3, -0.25) is 14.2 Å². The van der Waals surface area contributed by atoms with Gasteiger partial charge >= 0.3 is 0 Å². The summed E-state index contributed by atoms with van der Waals surface area (Å²) in [4.78, 5) is 24.5. The molecule has 5 heteroatoms. The molecule has 5 nitrogen and oxygen atoms in total. The maximum Gasteiger partial charge on any atom is 0.256 e. The zero-order chi connectivity index (χ0) is 15.4. The number of nitrogens with one attached hydrogen (secondary N) is 1. The number of para-hydroxylation sites is 1. The Kier molecular flexibility index (Phi) is 4.75. The molecule has 1 aromatic heterocycles. The van der Waals surface area contributed by atoms with E-state index in [0.29, 0.717) is 5.56 Å². The molecule has 2 aromatic rings. The number of carbonyl (C=O) groups excluding carboxylic acids is 1. The van der Waals surface area contributed by atoms with Gasteiger partial charge in [0.05, 0.1) is 5.52 Å². The summed E-state index contributed by atoms with van der Waals surface area (Å²) in [5, 5.41) is 3.79. The molecule has 21 heavy (non-hydrogen) atoms. The quantitative estimate of drug-likeness (QED) is 0.872. The van der Waals surface area contributed by atoms with Crippen molar-refractivity contribution in [2.75, 3.05) is 0 Å². The molecule has 1 atom stereocenters. The predicted molar refractivity (Wildman–Crippen MR) is 84.0 cm³/mol. The summed E-state index contributed by atoms with van der Waals surface area (Å²) in [6.45, 7) is 4.12. The third kappa shape index (κ3) is 3.31. The fourth-order valence-corrected chi connectivity index (χ4v) is 2.26. The van der Waals surface area contributed by atoms with E-state index in [1.165, 1.54) is 4.57 Å². The number of hydrogen-bond donors (Lipinski definition) is 2. The number of fused-ring (bicyclic) bond motifs is 1. The number of rotatable bonds is 5. The second-order valence-corrected chi connectivity index (χ2v) is 5.20. The Morgan fingerprint density at radius 2 is 2.10 bits per heavy atom. The zero-order valence-electron chi connectivity index (χ0n) is 12.4. The molecule has 0 bridgehead atoms. The number of pyridine rings is 1. The Morgan fingerprint density at radius 1 is 1.38 bits per heavy atom. The second kappa shape index (κ2) is 6.54. The summed E-state index contributed by atoms with van der Waals surface area (Å²) < 4.78 is 1.50. The summed E-state index contributed by atoms with van der Waals surface area (Å²) in [5.41, 5.74) is 6.70. The Hall–Kier alpha value is -2.14. The first-order valence-electron chi connectivity index (χ1n) is 7.17. The van der Waals surface area contributed by atoms with E-state index in [2.05, 4.69) is 5.32 Å². The maximum absolute atomic E-state index is 12.4.